The minimum Gasteiger partial charge on any atom is -0.367 e. The third-order valence-corrected chi connectivity index (χ3v) is 4.10. The molecule has 100 valence electrons. The van der Waals surface area contributed by atoms with Gasteiger partial charge in [-0.15, -0.1) is 0 Å². The van der Waals surface area contributed by atoms with Gasteiger partial charge in [0.2, 0.25) is 0 Å². The molecule has 0 radical (unpaired) electrons. The van der Waals surface area contributed by atoms with Crippen molar-refractivity contribution in [1.82, 2.24) is 4.90 Å². The number of likely N-dealkylation sites (N-methyl/N-ethyl adjacent to an activating group) is 1. The molecule has 1 fully saturated rings. The van der Waals surface area contributed by atoms with Crippen molar-refractivity contribution in [3.8, 4) is 0 Å². The summed E-state index contributed by atoms with van der Waals surface area (Å²) in [6, 6.07) is 6.75. The molecule has 1 aliphatic rings. The second-order valence-electron chi connectivity index (χ2n) is 5.28. The fraction of sp³-hybridized carbons (Fsp3) is 0.571. The van der Waals surface area contributed by atoms with Crippen LogP contribution >= 0.6 is 11.6 Å². The van der Waals surface area contributed by atoms with Gasteiger partial charge in [0, 0.05) is 31.7 Å². The van der Waals surface area contributed by atoms with E-state index >= 15 is 0 Å². The molecule has 2 rings (SSSR count). The van der Waals surface area contributed by atoms with Crippen LogP contribution in [-0.4, -0.2) is 37.6 Å². The van der Waals surface area contributed by atoms with Gasteiger partial charge in [-0.2, -0.15) is 0 Å². The van der Waals surface area contributed by atoms with Crippen LogP contribution < -0.4 is 10.6 Å². The molecule has 1 heterocycles. The van der Waals surface area contributed by atoms with Gasteiger partial charge < -0.3 is 15.5 Å². The van der Waals surface area contributed by atoms with Gasteiger partial charge in [-0.3, -0.25) is 0 Å². The highest BCUT2D eigenvalue weighted by molar-refractivity contribution is 6.33. The second kappa shape index (κ2) is 5.47. The maximum atomic E-state index is 6.38. The van der Waals surface area contributed by atoms with E-state index in [4.69, 9.17) is 17.3 Å². The molecular formula is C14H22ClN3. The van der Waals surface area contributed by atoms with Crippen molar-refractivity contribution < 1.29 is 0 Å². The van der Waals surface area contributed by atoms with E-state index in [1.54, 1.807) is 0 Å². The third-order valence-electron chi connectivity index (χ3n) is 3.80. The van der Waals surface area contributed by atoms with Crippen LogP contribution in [0.4, 0.5) is 5.69 Å². The smallest absolute Gasteiger partial charge is 0.0642 e. The first-order chi connectivity index (χ1) is 8.49. The van der Waals surface area contributed by atoms with Crippen LogP contribution in [0.2, 0.25) is 5.02 Å². The average Bonchev–Trinajstić information content (AvgIpc) is 2.32. The Morgan fingerprint density at radius 3 is 2.67 bits per heavy atom. The Labute approximate surface area is 115 Å². The lowest BCUT2D eigenvalue weighted by Crippen LogP contribution is -2.50. The number of rotatable bonds is 2. The van der Waals surface area contributed by atoms with Crippen LogP contribution in [0.25, 0.3) is 0 Å². The zero-order valence-electron chi connectivity index (χ0n) is 11.4. The normalized spacial score (nSPS) is 23.2. The molecule has 0 aliphatic carbocycles. The summed E-state index contributed by atoms with van der Waals surface area (Å²) in [4.78, 5) is 4.73. The first-order valence-electron chi connectivity index (χ1n) is 6.49. The minimum atomic E-state index is 0.0305. The van der Waals surface area contributed by atoms with Crippen molar-refractivity contribution in [3.05, 3.63) is 28.8 Å². The summed E-state index contributed by atoms with van der Waals surface area (Å²) >= 11 is 6.38. The number of nitrogens with two attached hydrogens (primary N) is 1. The molecule has 18 heavy (non-hydrogen) atoms. The van der Waals surface area contributed by atoms with E-state index in [2.05, 4.69) is 35.9 Å². The number of benzene rings is 1. The molecule has 3 nitrogen and oxygen atoms in total. The van der Waals surface area contributed by atoms with Gasteiger partial charge in [0.05, 0.1) is 10.7 Å². The topological polar surface area (TPSA) is 32.5 Å². The fourth-order valence-electron chi connectivity index (χ4n) is 2.33. The summed E-state index contributed by atoms with van der Waals surface area (Å²) in [5.74, 6) is 0. The Morgan fingerprint density at radius 1 is 1.39 bits per heavy atom. The summed E-state index contributed by atoms with van der Waals surface area (Å²) < 4.78 is 0. The maximum absolute atomic E-state index is 6.38. The van der Waals surface area contributed by atoms with Crippen molar-refractivity contribution in [2.45, 2.75) is 25.9 Å². The van der Waals surface area contributed by atoms with Crippen LogP contribution in [-0.2, 0) is 0 Å². The molecular weight excluding hydrogens is 246 g/mol. The van der Waals surface area contributed by atoms with E-state index in [-0.39, 0.29) is 6.04 Å². The number of hydrogen-bond donors (Lipinski definition) is 1. The number of piperazine rings is 1. The Kier molecular flexibility index (Phi) is 4.15. The zero-order valence-corrected chi connectivity index (χ0v) is 12.1. The highest BCUT2D eigenvalue weighted by atomic mass is 35.5. The van der Waals surface area contributed by atoms with Gasteiger partial charge >= 0.3 is 0 Å². The first kappa shape index (κ1) is 13.7. The van der Waals surface area contributed by atoms with Crippen LogP contribution in [0.3, 0.4) is 0 Å². The standard InChI is InChI=1S/C14H22ClN3/c1-10-9-18(7-6-17(10)3)14-5-4-12(11(2)16)8-13(14)15/h4-5,8,10-11H,6-7,9,16H2,1-3H3/t10?,11-/m1/s1. The van der Waals surface area contributed by atoms with Crippen LogP contribution in [0.15, 0.2) is 18.2 Å². The summed E-state index contributed by atoms with van der Waals surface area (Å²) in [7, 11) is 2.17. The lowest BCUT2D eigenvalue weighted by Gasteiger charge is -2.39. The van der Waals surface area contributed by atoms with Crippen molar-refractivity contribution in [3.63, 3.8) is 0 Å². The van der Waals surface area contributed by atoms with Crippen molar-refractivity contribution in [1.29, 1.82) is 0 Å². The van der Waals surface area contributed by atoms with Crippen LogP contribution in [0, 0.1) is 0 Å². The SMILES string of the molecule is CC1CN(c2ccc([C@@H](C)N)cc2Cl)CCN1C. The van der Waals surface area contributed by atoms with Gasteiger partial charge in [0.15, 0.2) is 0 Å². The Bertz CT molecular complexity index is 420. The van der Waals surface area contributed by atoms with Gasteiger partial charge in [-0.05, 0) is 38.6 Å². The molecule has 1 aromatic carbocycles. The number of hydrogen-bond acceptors (Lipinski definition) is 3. The number of halogens is 1. The minimum absolute atomic E-state index is 0.0305. The highest BCUT2D eigenvalue weighted by Gasteiger charge is 2.22. The molecule has 0 amide bonds. The van der Waals surface area contributed by atoms with E-state index in [0.717, 1.165) is 35.9 Å². The number of anilines is 1. The van der Waals surface area contributed by atoms with Crippen molar-refractivity contribution in [2.24, 2.45) is 5.73 Å². The maximum Gasteiger partial charge on any atom is 0.0642 e. The average molecular weight is 268 g/mol. The highest BCUT2D eigenvalue weighted by Crippen LogP contribution is 2.29. The van der Waals surface area contributed by atoms with Crippen molar-refractivity contribution >= 4 is 17.3 Å². The lowest BCUT2D eigenvalue weighted by atomic mass is 10.1. The summed E-state index contributed by atoms with van der Waals surface area (Å²) in [6.45, 7) is 7.35. The van der Waals surface area contributed by atoms with Gasteiger partial charge in [-0.25, -0.2) is 0 Å². The molecule has 0 spiro atoms. The second-order valence-corrected chi connectivity index (χ2v) is 5.68. The largest absolute Gasteiger partial charge is 0.367 e. The molecule has 1 saturated heterocycles. The lowest BCUT2D eigenvalue weighted by molar-refractivity contribution is 0.234. The predicted octanol–water partition coefficient (Wildman–Crippen LogP) is 2.50. The Hall–Kier alpha value is -0.770. The van der Waals surface area contributed by atoms with E-state index in [1.807, 2.05) is 13.0 Å². The van der Waals surface area contributed by atoms with Crippen LogP contribution in [0.1, 0.15) is 25.5 Å². The molecule has 1 aliphatic heterocycles. The quantitative estimate of drug-likeness (QED) is 0.894. The number of nitrogens with zero attached hydrogens (tertiary/aromatic N) is 2. The summed E-state index contributed by atoms with van der Waals surface area (Å²) in [5.41, 5.74) is 8.09. The van der Waals surface area contributed by atoms with Gasteiger partial charge in [0.1, 0.15) is 0 Å². The molecule has 0 aromatic heterocycles. The third kappa shape index (κ3) is 2.79. The summed E-state index contributed by atoms with van der Waals surface area (Å²) in [6.07, 6.45) is 0. The zero-order chi connectivity index (χ0) is 13.3. The molecule has 0 bridgehead atoms. The summed E-state index contributed by atoms with van der Waals surface area (Å²) in [5, 5.41) is 0.807. The van der Waals surface area contributed by atoms with E-state index in [9.17, 15) is 0 Å². The van der Waals surface area contributed by atoms with E-state index < -0.39 is 0 Å². The molecule has 2 atom stereocenters. The van der Waals surface area contributed by atoms with Gasteiger partial charge in [0.25, 0.3) is 0 Å². The van der Waals surface area contributed by atoms with E-state index in [0.29, 0.717) is 6.04 Å². The molecule has 1 unspecified atom stereocenters. The first-order valence-corrected chi connectivity index (χ1v) is 6.87. The van der Waals surface area contributed by atoms with Gasteiger partial charge in [-0.1, -0.05) is 17.7 Å². The molecule has 1 aromatic rings. The molecule has 2 N–H and O–H groups in total. The predicted molar refractivity (Wildman–Crippen MR) is 78.4 cm³/mol. The fourth-order valence-corrected chi connectivity index (χ4v) is 2.64. The Morgan fingerprint density at radius 2 is 2.11 bits per heavy atom. The molecule has 0 saturated carbocycles. The van der Waals surface area contributed by atoms with Crippen molar-refractivity contribution in [2.75, 3.05) is 31.6 Å². The van der Waals surface area contributed by atoms with E-state index in [1.165, 1.54) is 0 Å². The molecule has 4 heteroatoms. The monoisotopic (exact) mass is 267 g/mol. The van der Waals surface area contributed by atoms with Crippen LogP contribution in [0.5, 0.6) is 0 Å². The Balaban J connectivity index is 2.19.